The van der Waals surface area contributed by atoms with Gasteiger partial charge in [0.15, 0.2) is 0 Å². The summed E-state index contributed by atoms with van der Waals surface area (Å²) in [5.74, 6) is -0.399. The summed E-state index contributed by atoms with van der Waals surface area (Å²) in [6, 6.07) is 7.63. The van der Waals surface area contributed by atoms with Gasteiger partial charge in [0.2, 0.25) is 0 Å². The Bertz CT molecular complexity index is 767. The topological polar surface area (TPSA) is 62.3 Å². The van der Waals surface area contributed by atoms with E-state index in [1.54, 1.807) is 43.5 Å². The number of hydrogen-bond donors (Lipinski definition) is 1. The van der Waals surface area contributed by atoms with E-state index in [0.717, 1.165) is 4.90 Å². The minimum absolute atomic E-state index is 0.322. The summed E-state index contributed by atoms with van der Waals surface area (Å²) in [5.41, 5.74) is -0.235. The van der Waals surface area contributed by atoms with Crippen molar-refractivity contribution in [1.29, 1.82) is 0 Å². The first kappa shape index (κ1) is 14.8. The molecule has 7 heteroatoms. The quantitative estimate of drug-likeness (QED) is 0.856. The minimum atomic E-state index is -1.21. The SMILES string of the molecule is CC1(c2ccc(Cl)c(Cl)c2)NC(=O)N(c2cccnc2)C1=O. The molecule has 1 atom stereocenters. The van der Waals surface area contributed by atoms with E-state index in [9.17, 15) is 9.59 Å². The van der Waals surface area contributed by atoms with Crippen molar-refractivity contribution in [2.45, 2.75) is 12.5 Å². The van der Waals surface area contributed by atoms with Gasteiger partial charge in [-0.15, -0.1) is 0 Å². The summed E-state index contributed by atoms with van der Waals surface area (Å²) in [4.78, 5) is 30.0. The lowest BCUT2D eigenvalue weighted by Gasteiger charge is -2.22. The molecule has 1 aliphatic heterocycles. The van der Waals surface area contributed by atoms with Crippen LogP contribution >= 0.6 is 23.2 Å². The number of carbonyl (C=O) groups excluding carboxylic acids is 2. The molecule has 3 amide bonds. The number of hydrogen-bond acceptors (Lipinski definition) is 3. The van der Waals surface area contributed by atoms with Crippen LogP contribution in [0.3, 0.4) is 0 Å². The van der Waals surface area contributed by atoms with Gasteiger partial charge in [0.05, 0.1) is 21.9 Å². The summed E-state index contributed by atoms with van der Waals surface area (Å²) in [7, 11) is 0. The first-order valence-corrected chi connectivity index (χ1v) is 7.21. The normalized spacial score (nSPS) is 21.1. The molecule has 112 valence electrons. The molecule has 1 aromatic heterocycles. The maximum atomic E-state index is 12.8. The highest BCUT2D eigenvalue weighted by Crippen LogP contribution is 2.34. The second-order valence-electron chi connectivity index (χ2n) is 5.04. The third-order valence-corrected chi connectivity index (χ3v) is 4.33. The molecule has 1 aromatic carbocycles. The molecule has 0 spiro atoms. The maximum absolute atomic E-state index is 12.8. The largest absolute Gasteiger partial charge is 0.330 e. The van der Waals surface area contributed by atoms with Crippen LogP contribution in [0, 0.1) is 0 Å². The van der Waals surface area contributed by atoms with Crippen LogP contribution in [-0.2, 0) is 10.3 Å². The lowest BCUT2D eigenvalue weighted by atomic mass is 9.92. The second-order valence-corrected chi connectivity index (χ2v) is 5.85. The minimum Gasteiger partial charge on any atom is -0.319 e. The highest BCUT2D eigenvalue weighted by atomic mass is 35.5. The van der Waals surface area contributed by atoms with Crippen molar-refractivity contribution in [2.75, 3.05) is 4.90 Å². The third-order valence-electron chi connectivity index (χ3n) is 3.59. The molecule has 1 aliphatic rings. The van der Waals surface area contributed by atoms with E-state index in [1.165, 1.54) is 6.20 Å². The number of nitrogens with zero attached hydrogens (tertiary/aromatic N) is 2. The van der Waals surface area contributed by atoms with E-state index in [4.69, 9.17) is 23.2 Å². The molecule has 1 unspecified atom stereocenters. The number of carbonyl (C=O) groups is 2. The number of pyridine rings is 1. The summed E-state index contributed by atoms with van der Waals surface area (Å²) in [5, 5.41) is 3.41. The van der Waals surface area contributed by atoms with Crippen LogP contribution < -0.4 is 10.2 Å². The van der Waals surface area contributed by atoms with E-state index in [2.05, 4.69) is 10.3 Å². The lowest BCUT2D eigenvalue weighted by Crippen LogP contribution is -2.40. The zero-order valence-electron chi connectivity index (χ0n) is 11.5. The lowest BCUT2D eigenvalue weighted by molar-refractivity contribution is -0.121. The van der Waals surface area contributed by atoms with Crippen LogP contribution in [0.1, 0.15) is 12.5 Å². The molecule has 1 fully saturated rings. The molecular weight excluding hydrogens is 325 g/mol. The highest BCUT2D eigenvalue weighted by Gasteiger charge is 2.49. The Morgan fingerprint density at radius 1 is 1.18 bits per heavy atom. The number of anilines is 1. The number of rotatable bonds is 2. The van der Waals surface area contributed by atoms with Gasteiger partial charge in [0.25, 0.3) is 5.91 Å². The van der Waals surface area contributed by atoms with Crippen molar-refractivity contribution in [3.63, 3.8) is 0 Å². The molecule has 22 heavy (non-hydrogen) atoms. The molecule has 0 radical (unpaired) electrons. The average molecular weight is 336 g/mol. The zero-order valence-corrected chi connectivity index (χ0v) is 13.0. The van der Waals surface area contributed by atoms with Gasteiger partial charge in [-0.25, -0.2) is 9.69 Å². The summed E-state index contributed by atoms with van der Waals surface area (Å²) >= 11 is 11.9. The van der Waals surface area contributed by atoms with Crippen LogP contribution in [0.15, 0.2) is 42.7 Å². The molecule has 0 saturated carbocycles. The Morgan fingerprint density at radius 3 is 2.59 bits per heavy atom. The van der Waals surface area contributed by atoms with Gasteiger partial charge in [-0.05, 0) is 36.8 Å². The molecule has 2 heterocycles. The number of nitrogens with one attached hydrogen (secondary N) is 1. The van der Waals surface area contributed by atoms with Crippen LogP contribution in [0.2, 0.25) is 10.0 Å². The van der Waals surface area contributed by atoms with Gasteiger partial charge in [-0.1, -0.05) is 29.3 Å². The van der Waals surface area contributed by atoms with Gasteiger partial charge in [-0.2, -0.15) is 0 Å². The first-order chi connectivity index (χ1) is 10.4. The van der Waals surface area contributed by atoms with Gasteiger partial charge in [0, 0.05) is 6.20 Å². The van der Waals surface area contributed by atoms with Crippen molar-refractivity contribution >= 4 is 40.8 Å². The Labute approximate surface area is 136 Å². The highest BCUT2D eigenvalue weighted by molar-refractivity contribution is 6.42. The maximum Gasteiger partial charge on any atom is 0.330 e. The monoisotopic (exact) mass is 335 g/mol. The molecule has 3 rings (SSSR count). The molecule has 2 aromatic rings. The van der Waals surface area contributed by atoms with E-state index in [1.807, 2.05) is 0 Å². The number of aromatic nitrogens is 1. The van der Waals surface area contributed by atoms with Gasteiger partial charge < -0.3 is 5.32 Å². The summed E-state index contributed by atoms with van der Waals surface area (Å²) in [6.45, 7) is 1.63. The van der Waals surface area contributed by atoms with E-state index < -0.39 is 17.5 Å². The average Bonchev–Trinajstić information content (AvgIpc) is 2.73. The van der Waals surface area contributed by atoms with Crippen LogP contribution in [-0.4, -0.2) is 16.9 Å². The fraction of sp³-hybridized carbons (Fsp3) is 0.133. The van der Waals surface area contributed by atoms with Crippen LogP contribution in [0.5, 0.6) is 0 Å². The molecular formula is C15H11Cl2N3O2. The Balaban J connectivity index is 2.04. The molecule has 1 N–H and O–H groups in total. The predicted molar refractivity (Wildman–Crippen MR) is 84.1 cm³/mol. The number of amides is 3. The van der Waals surface area contributed by atoms with E-state index in [0.29, 0.717) is 21.3 Å². The third kappa shape index (κ3) is 2.23. The van der Waals surface area contributed by atoms with Crippen molar-refractivity contribution in [1.82, 2.24) is 10.3 Å². The first-order valence-electron chi connectivity index (χ1n) is 6.46. The number of urea groups is 1. The van der Waals surface area contributed by atoms with Gasteiger partial charge >= 0.3 is 6.03 Å². The zero-order chi connectivity index (χ0) is 15.9. The fourth-order valence-electron chi connectivity index (χ4n) is 2.36. The van der Waals surface area contributed by atoms with Crippen LogP contribution in [0.4, 0.5) is 10.5 Å². The van der Waals surface area contributed by atoms with Crippen molar-refractivity contribution in [2.24, 2.45) is 0 Å². The molecule has 1 saturated heterocycles. The van der Waals surface area contributed by atoms with Gasteiger partial charge in [0.1, 0.15) is 5.54 Å². The Kier molecular flexibility index (Phi) is 3.54. The Morgan fingerprint density at radius 2 is 1.95 bits per heavy atom. The van der Waals surface area contributed by atoms with E-state index in [-0.39, 0.29) is 0 Å². The fourth-order valence-corrected chi connectivity index (χ4v) is 2.66. The standard InChI is InChI=1S/C15H11Cl2N3O2/c1-15(9-4-5-11(16)12(17)7-9)13(21)20(14(22)19-15)10-3-2-6-18-8-10/h2-8H,1H3,(H,19,22). The van der Waals surface area contributed by atoms with E-state index >= 15 is 0 Å². The summed E-state index contributed by atoms with van der Waals surface area (Å²) < 4.78 is 0. The number of imide groups is 1. The predicted octanol–water partition coefficient (Wildman–Crippen LogP) is 3.36. The molecule has 0 bridgehead atoms. The molecule has 5 nitrogen and oxygen atoms in total. The second kappa shape index (κ2) is 5.26. The van der Waals surface area contributed by atoms with Crippen LogP contribution in [0.25, 0.3) is 0 Å². The molecule has 0 aliphatic carbocycles. The Hall–Kier alpha value is -2.11. The van der Waals surface area contributed by atoms with Crippen molar-refractivity contribution in [3.8, 4) is 0 Å². The number of halogens is 2. The van der Waals surface area contributed by atoms with Crippen molar-refractivity contribution < 1.29 is 9.59 Å². The number of benzene rings is 1. The van der Waals surface area contributed by atoms with Crippen molar-refractivity contribution in [3.05, 3.63) is 58.3 Å². The smallest absolute Gasteiger partial charge is 0.319 e. The van der Waals surface area contributed by atoms with Gasteiger partial charge in [-0.3, -0.25) is 9.78 Å². The summed E-state index contributed by atoms with van der Waals surface area (Å²) in [6.07, 6.45) is 3.03.